The summed E-state index contributed by atoms with van der Waals surface area (Å²) in [7, 11) is 0. The minimum atomic E-state index is 0.0681. The molecular formula is C23H20ClIN4O. The van der Waals surface area contributed by atoms with Gasteiger partial charge in [0.05, 0.1) is 5.56 Å². The van der Waals surface area contributed by atoms with Gasteiger partial charge in [0.1, 0.15) is 5.82 Å². The van der Waals surface area contributed by atoms with Crippen LogP contribution in [0.15, 0.2) is 48.7 Å². The van der Waals surface area contributed by atoms with Crippen molar-refractivity contribution in [3.8, 4) is 11.8 Å². The number of pyridine rings is 1. The monoisotopic (exact) mass is 530 g/mol. The van der Waals surface area contributed by atoms with Crippen LogP contribution in [0, 0.1) is 11.8 Å². The Hall–Kier alpha value is -2.34. The molecule has 1 fully saturated rings. The van der Waals surface area contributed by atoms with Crippen LogP contribution in [0.25, 0.3) is 10.8 Å². The van der Waals surface area contributed by atoms with Crippen molar-refractivity contribution in [1.29, 1.82) is 0 Å². The number of hydrogen-bond donors (Lipinski definition) is 2. The maximum Gasteiger partial charge on any atom is 0.253 e. The van der Waals surface area contributed by atoms with E-state index in [2.05, 4.69) is 43.2 Å². The number of anilines is 1. The van der Waals surface area contributed by atoms with Crippen LogP contribution in [0.4, 0.5) is 5.82 Å². The Balaban J connectivity index is 1.54. The van der Waals surface area contributed by atoms with Crippen LogP contribution in [0.3, 0.4) is 0 Å². The summed E-state index contributed by atoms with van der Waals surface area (Å²) in [5.74, 6) is 6.69. The highest BCUT2D eigenvalue weighted by Crippen LogP contribution is 2.25. The SMILES string of the molecule is Nc1ncc2ccc(Cl)cc2c1C#Cc1ccc(C(=O)N2CCC(NI)CC2)cc1. The Morgan fingerprint density at radius 1 is 1.17 bits per heavy atom. The number of nitrogens with zero attached hydrogens (tertiary/aromatic N) is 2. The van der Waals surface area contributed by atoms with Crippen molar-refractivity contribution in [3.05, 3.63) is 70.4 Å². The van der Waals surface area contributed by atoms with Crippen molar-refractivity contribution >= 4 is 57.0 Å². The van der Waals surface area contributed by atoms with Crippen LogP contribution >= 0.6 is 34.5 Å². The number of fused-ring (bicyclic) bond motifs is 1. The van der Waals surface area contributed by atoms with E-state index in [4.69, 9.17) is 17.3 Å². The Morgan fingerprint density at radius 2 is 1.90 bits per heavy atom. The van der Waals surface area contributed by atoms with Crippen molar-refractivity contribution in [3.63, 3.8) is 0 Å². The third kappa shape index (κ3) is 4.53. The highest BCUT2D eigenvalue weighted by molar-refractivity contribution is 14.1. The summed E-state index contributed by atoms with van der Waals surface area (Å²) in [5.41, 5.74) is 8.19. The minimum absolute atomic E-state index is 0.0681. The number of halogens is 2. The van der Waals surface area contributed by atoms with Crippen LogP contribution in [0.1, 0.15) is 34.3 Å². The topological polar surface area (TPSA) is 71.2 Å². The molecule has 1 aliphatic rings. The van der Waals surface area contributed by atoms with E-state index >= 15 is 0 Å². The molecule has 3 N–H and O–H groups in total. The quantitative estimate of drug-likeness (QED) is 0.292. The number of likely N-dealkylation sites (tertiary alicyclic amines) is 1. The predicted octanol–water partition coefficient (Wildman–Crippen LogP) is 4.41. The number of amides is 1. The zero-order valence-electron chi connectivity index (χ0n) is 16.2. The molecule has 2 heterocycles. The summed E-state index contributed by atoms with van der Waals surface area (Å²) in [6.07, 6.45) is 3.66. The van der Waals surface area contributed by atoms with Gasteiger partial charge >= 0.3 is 0 Å². The number of nitrogen functional groups attached to an aromatic ring is 1. The summed E-state index contributed by atoms with van der Waals surface area (Å²) in [4.78, 5) is 18.9. The van der Waals surface area contributed by atoms with E-state index in [1.165, 1.54) is 0 Å². The third-order valence-electron chi connectivity index (χ3n) is 5.28. The average Bonchev–Trinajstić information content (AvgIpc) is 2.78. The molecule has 1 amide bonds. The number of carbonyl (C=O) groups is 1. The molecule has 0 bridgehead atoms. The van der Waals surface area contributed by atoms with Crippen LogP contribution in [0.2, 0.25) is 5.02 Å². The number of nitrogens with one attached hydrogen (secondary N) is 1. The fraction of sp³-hybridized carbons (Fsp3) is 0.217. The average molecular weight is 531 g/mol. The molecule has 7 heteroatoms. The first kappa shape index (κ1) is 20.9. The van der Waals surface area contributed by atoms with E-state index in [-0.39, 0.29) is 5.91 Å². The van der Waals surface area contributed by atoms with Gasteiger partial charge in [-0.15, -0.1) is 0 Å². The number of nitrogens with two attached hydrogens (primary N) is 1. The predicted molar refractivity (Wildman–Crippen MR) is 130 cm³/mol. The first-order valence-electron chi connectivity index (χ1n) is 9.66. The number of hydrogen-bond acceptors (Lipinski definition) is 4. The molecule has 1 saturated heterocycles. The molecule has 5 nitrogen and oxygen atoms in total. The maximum absolute atomic E-state index is 12.7. The molecule has 0 spiro atoms. The fourth-order valence-electron chi connectivity index (χ4n) is 3.54. The molecule has 1 aromatic heterocycles. The Labute approximate surface area is 194 Å². The second kappa shape index (κ2) is 9.21. The van der Waals surface area contributed by atoms with Crippen LogP contribution in [0.5, 0.6) is 0 Å². The van der Waals surface area contributed by atoms with Gasteiger partial charge in [-0.2, -0.15) is 0 Å². The van der Waals surface area contributed by atoms with Crippen molar-refractivity contribution in [2.75, 3.05) is 18.8 Å². The lowest BCUT2D eigenvalue weighted by Crippen LogP contribution is -2.42. The largest absolute Gasteiger partial charge is 0.383 e. The molecular weight excluding hydrogens is 511 g/mol. The number of piperidine rings is 1. The Kier molecular flexibility index (Phi) is 6.42. The molecule has 0 atom stereocenters. The second-order valence-electron chi connectivity index (χ2n) is 7.25. The summed E-state index contributed by atoms with van der Waals surface area (Å²) < 4.78 is 3.25. The molecule has 0 unspecified atom stereocenters. The Bertz CT molecular complexity index is 1140. The lowest BCUT2D eigenvalue weighted by molar-refractivity contribution is 0.0713. The number of aromatic nitrogens is 1. The summed E-state index contributed by atoms with van der Waals surface area (Å²) in [6, 6.07) is 13.4. The van der Waals surface area contributed by atoms with E-state index in [0.717, 1.165) is 42.3 Å². The standard InChI is InChI=1S/C23H20ClIN4O/c24-18-7-6-17-14-27-22(26)20(21(17)13-18)8-3-15-1-4-16(5-2-15)23(30)29-11-9-19(28-25)10-12-29/h1-2,4-7,13-14,19,28H,9-12H2,(H2,26,27). The van der Waals surface area contributed by atoms with Crippen molar-refractivity contribution in [1.82, 2.24) is 13.4 Å². The molecule has 152 valence electrons. The molecule has 4 rings (SSSR count). The first-order chi connectivity index (χ1) is 14.5. The number of benzene rings is 2. The van der Waals surface area contributed by atoms with Gasteiger partial charge in [0.15, 0.2) is 0 Å². The summed E-state index contributed by atoms with van der Waals surface area (Å²) in [5, 5.41) is 2.43. The fourth-order valence-corrected chi connectivity index (χ4v) is 4.33. The zero-order chi connectivity index (χ0) is 21.1. The van der Waals surface area contributed by atoms with Gasteiger partial charge in [0.2, 0.25) is 0 Å². The second-order valence-corrected chi connectivity index (χ2v) is 8.31. The number of rotatable bonds is 2. The van der Waals surface area contributed by atoms with Gasteiger partial charge in [0, 0.05) is 75.1 Å². The van der Waals surface area contributed by atoms with Crippen molar-refractivity contribution < 1.29 is 4.79 Å². The molecule has 0 aliphatic carbocycles. The smallest absolute Gasteiger partial charge is 0.253 e. The highest BCUT2D eigenvalue weighted by Gasteiger charge is 2.22. The first-order valence-corrected chi connectivity index (χ1v) is 11.1. The van der Waals surface area contributed by atoms with E-state index < -0.39 is 0 Å². The lowest BCUT2D eigenvalue weighted by Gasteiger charge is -2.31. The van der Waals surface area contributed by atoms with E-state index in [0.29, 0.717) is 28.0 Å². The van der Waals surface area contributed by atoms with Crippen LogP contribution < -0.4 is 9.26 Å². The number of carbonyl (C=O) groups excluding carboxylic acids is 1. The van der Waals surface area contributed by atoms with Gasteiger partial charge in [0.25, 0.3) is 5.91 Å². The minimum Gasteiger partial charge on any atom is -0.383 e. The summed E-state index contributed by atoms with van der Waals surface area (Å²) in [6.45, 7) is 1.55. The van der Waals surface area contributed by atoms with Gasteiger partial charge in [-0.05, 0) is 49.2 Å². The summed E-state index contributed by atoms with van der Waals surface area (Å²) >= 11 is 8.32. The van der Waals surface area contributed by atoms with Crippen molar-refractivity contribution in [2.24, 2.45) is 0 Å². The normalized spacial score (nSPS) is 14.4. The Morgan fingerprint density at radius 3 is 2.60 bits per heavy atom. The molecule has 2 aromatic carbocycles. The van der Waals surface area contributed by atoms with Gasteiger partial charge in [-0.25, -0.2) is 4.98 Å². The van der Waals surface area contributed by atoms with E-state index in [1.807, 2.05) is 47.4 Å². The maximum atomic E-state index is 12.7. The van der Waals surface area contributed by atoms with Crippen molar-refractivity contribution in [2.45, 2.75) is 18.9 Å². The third-order valence-corrected chi connectivity index (χ3v) is 6.40. The highest BCUT2D eigenvalue weighted by atomic mass is 127. The molecule has 30 heavy (non-hydrogen) atoms. The van der Waals surface area contributed by atoms with E-state index in [9.17, 15) is 4.79 Å². The van der Waals surface area contributed by atoms with Gasteiger partial charge in [-0.3, -0.25) is 8.32 Å². The van der Waals surface area contributed by atoms with Gasteiger partial charge < -0.3 is 10.6 Å². The van der Waals surface area contributed by atoms with Crippen LogP contribution in [-0.2, 0) is 0 Å². The molecule has 3 aromatic rings. The lowest BCUT2D eigenvalue weighted by atomic mass is 10.0. The molecule has 0 saturated carbocycles. The van der Waals surface area contributed by atoms with E-state index in [1.54, 1.807) is 6.20 Å². The van der Waals surface area contributed by atoms with Crippen LogP contribution in [-0.4, -0.2) is 34.9 Å². The van der Waals surface area contributed by atoms with Gasteiger partial charge in [-0.1, -0.05) is 29.5 Å². The molecule has 1 aliphatic heterocycles. The molecule has 0 radical (unpaired) electrons. The zero-order valence-corrected chi connectivity index (χ0v) is 19.1.